The molecule has 25 heavy (non-hydrogen) atoms. The Kier molecular flexibility index (Phi) is 4.24. The molecule has 3 aromatic rings. The van der Waals surface area contributed by atoms with Crippen LogP contribution in [0.1, 0.15) is 29.0 Å². The van der Waals surface area contributed by atoms with E-state index in [1.807, 2.05) is 46.1 Å². The predicted molar refractivity (Wildman–Crippen MR) is 90.1 cm³/mol. The Morgan fingerprint density at radius 3 is 2.64 bits per heavy atom. The molecule has 4 heterocycles. The molecule has 8 nitrogen and oxygen atoms in total. The van der Waals surface area contributed by atoms with Crippen molar-refractivity contribution in [3.8, 4) is 5.82 Å². The van der Waals surface area contributed by atoms with Gasteiger partial charge in [0.1, 0.15) is 5.82 Å². The Balaban J connectivity index is 1.35. The second-order valence-corrected chi connectivity index (χ2v) is 6.26. The molecule has 0 bridgehead atoms. The number of hydrogen-bond donors (Lipinski definition) is 1. The lowest BCUT2D eigenvalue weighted by atomic mass is 9.93. The summed E-state index contributed by atoms with van der Waals surface area (Å²) in [5, 5.41) is 14.1. The van der Waals surface area contributed by atoms with Crippen LogP contribution in [-0.4, -0.2) is 54.1 Å². The van der Waals surface area contributed by atoms with Crippen LogP contribution in [0, 0.1) is 5.92 Å². The average molecular weight is 337 g/mol. The Morgan fingerprint density at radius 2 is 2.00 bits per heavy atom. The van der Waals surface area contributed by atoms with Crippen LogP contribution in [0.4, 0.5) is 0 Å². The zero-order chi connectivity index (χ0) is 17.1. The minimum absolute atomic E-state index is 0.0459. The molecular formula is C17H19N7O. The second kappa shape index (κ2) is 6.84. The number of rotatable bonds is 4. The van der Waals surface area contributed by atoms with Crippen LogP contribution < -0.4 is 0 Å². The molecule has 0 radical (unpaired) electrons. The molecule has 0 aliphatic carbocycles. The van der Waals surface area contributed by atoms with E-state index in [0.29, 0.717) is 11.5 Å². The fourth-order valence-corrected chi connectivity index (χ4v) is 3.20. The van der Waals surface area contributed by atoms with Gasteiger partial charge in [0.25, 0.3) is 5.91 Å². The standard InChI is InChI=1S/C17H19N7O/c25-17(14-3-4-16(18-12-14)23-7-1-2-8-23)24-9-5-13(6-10-24)11-15-19-21-22-20-15/h1-4,7-8,12-13H,5-6,9-11H2,(H,19,20,21,22). The van der Waals surface area contributed by atoms with E-state index in [1.165, 1.54) is 0 Å². The number of H-pyrrole nitrogens is 1. The van der Waals surface area contributed by atoms with Crippen molar-refractivity contribution in [2.24, 2.45) is 5.92 Å². The molecule has 8 heteroatoms. The number of likely N-dealkylation sites (tertiary alicyclic amines) is 1. The predicted octanol–water partition coefficient (Wildman–Crippen LogP) is 1.48. The second-order valence-electron chi connectivity index (χ2n) is 6.26. The fraction of sp³-hybridized carbons (Fsp3) is 0.353. The van der Waals surface area contributed by atoms with Crippen molar-refractivity contribution in [1.82, 2.24) is 35.1 Å². The topological polar surface area (TPSA) is 92.6 Å². The highest BCUT2D eigenvalue weighted by Crippen LogP contribution is 2.21. The minimum atomic E-state index is 0.0459. The van der Waals surface area contributed by atoms with Crippen LogP contribution in [-0.2, 0) is 6.42 Å². The van der Waals surface area contributed by atoms with Crippen molar-refractivity contribution in [3.63, 3.8) is 0 Å². The third-order valence-electron chi connectivity index (χ3n) is 4.63. The lowest BCUT2D eigenvalue weighted by Crippen LogP contribution is -2.39. The van der Waals surface area contributed by atoms with E-state index in [0.717, 1.165) is 44.0 Å². The molecule has 1 aliphatic heterocycles. The van der Waals surface area contributed by atoms with Crippen molar-refractivity contribution in [2.75, 3.05) is 13.1 Å². The maximum absolute atomic E-state index is 12.7. The summed E-state index contributed by atoms with van der Waals surface area (Å²) in [6.07, 6.45) is 8.23. The number of aromatic nitrogens is 6. The fourth-order valence-electron chi connectivity index (χ4n) is 3.20. The van der Waals surface area contributed by atoms with Gasteiger partial charge in [-0.3, -0.25) is 4.79 Å². The van der Waals surface area contributed by atoms with Crippen LogP contribution in [0.2, 0.25) is 0 Å². The molecule has 1 aliphatic rings. The van der Waals surface area contributed by atoms with E-state index in [9.17, 15) is 4.79 Å². The first-order chi connectivity index (χ1) is 12.3. The van der Waals surface area contributed by atoms with Gasteiger partial charge in [-0.15, -0.1) is 10.2 Å². The maximum Gasteiger partial charge on any atom is 0.255 e. The van der Waals surface area contributed by atoms with E-state index in [1.54, 1.807) is 6.20 Å². The zero-order valence-electron chi connectivity index (χ0n) is 13.7. The maximum atomic E-state index is 12.7. The van der Waals surface area contributed by atoms with Crippen LogP contribution in [0.25, 0.3) is 5.82 Å². The van der Waals surface area contributed by atoms with E-state index in [4.69, 9.17) is 0 Å². The van der Waals surface area contributed by atoms with Gasteiger partial charge in [0.15, 0.2) is 5.82 Å². The molecule has 1 fully saturated rings. The summed E-state index contributed by atoms with van der Waals surface area (Å²) in [7, 11) is 0. The first-order valence-corrected chi connectivity index (χ1v) is 8.40. The highest BCUT2D eigenvalue weighted by Gasteiger charge is 2.24. The molecule has 1 saturated heterocycles. The third-order valence-corrected chi connectivity index (χ3v) is 4.63. The van der Waals surface area contributed by atoms with Crippen LogP contribution >= 0.6 is 0 Å². The number of pyridine rings is 1. The van der Waals surface area contributed by atoms with Crippen molar-refractivity contribution in [2.45, 2.75) is 19.3 Å². The molecule has 1 N–H and O–H groups in total. The number of carbonyl (C=O) groups is 1. The summed E-state index contributed by atoms with van der Waals surface area (Å²) in [6, 6.07) is 7.60. The number of hydrogen-bond acceptors (Lipinski definition) is 5. The molecule has 0 unspecified atom stereocenters. The van der Waals surface area contributed by atoms with E-state index in [-0.39, 0.29) is 5.91 Å². The van der Waals surface area contributed by atoms with Gasteiger partial charge in [-0.2, -0.15) is 5.21 Å². The highest BCUT2D eigenvalue weighted by atomic mass is 16.2. The average Bonchev–Trinajstić information content (AvgIpc) is 3.36. The summed E-state index contributed by atoms with van der Waals surface area (Å²) >= 11 is 0. The summed E-state index contributed by atoms with van der Waals surface area (Å²) < 4.78 is 1.91. The molecule has 0 aromatic carbocycles. The first kappa shape index (κ1) is 15.5. The number of carbonyl (C=O) groups excluding carboxylic acids is 1. The van der Waals surface area contributed by atoms with E-state index in [2.05, 4.69) is 25.6 Å². The Labute approximate surface area is 144 Å². The number of nitrogens with zero attached hydrogens (tertiary/aromatic N) is 6. The first-order valence-electron chi connectivity index (χ1n) is 8.40. The molecular weight excluding hydrogens is 318 g/mol. The Hall–Kier alpha value is -3.03. The lowest BCUT2D eigenvalue weighted by Gasteiger charge is -2.31. The van der Waals surface area contributed by atoms with Crippen molar-refractivity contribution in [1.29, 1.82) is 0 Å². The van der Waals surface area contributed by atoms with Gasteiger partial charge >= 0.3 is 0 Å². The van der Waals surface area contributed by atoms with Gasteiger partial charge < -0.3 is 9.47 Å². The Morgan fingerprint density at radius 1 is 1.20 bits per heavy atom. The molecule has 128 valence electrons. The van der Waals surface area contributed by atoms with Crippen molar-refractivity contribution in [3.05, 3.63) is 54.2 Å². The zero-order valence-corrected chi connectivity index (χ0v) is 13.7. The largest absolute Gasteiger partial charge is 0.339 e. The van der Waals surface area contributed by atoms with Gasteiger partial charge in [0.05, 0.1) is 5.56 Å². The monoisotopic (exact) mass is 337 g/mol. The normalized spacial score (nSPS) is 15.4. The van der Waals surface area contributed by atoms with Gasteiger partial charge in [-0.05, 0) is 43.0 Å². The minimum Gasteiger partial charge on any atom is -0.339 e. The summed E-state index contributed by atoms with van der Waals surface area (Å²) in [4.78, 5) is 19.0. The summed E-state index contributed by atoms with van der Waals surface area (Å²) in [5.74, 6) is 2.09. The highest BCUT2D eigenvalue weighted by molar-refractivity contribution is 5.94. The number of aromatic amines is 1. The molecule has 0 atom stereocenters. The Bertz CT molecular complexity index is 803. The van der Waals surface area contributed by atoms with Gasteiger partial charge in [-0.1, -0.05) is 5.21 Å². The van der Waals surface area contributed by atoms with Crippen LogP contribution in [0.5, 0.6) is 0 Å². The molecule has 4 rings (SSSR count). The SMILES string of the molecule is O=C(c1ccc(-n2cccc2)nc1)N1CCC(Cc2nn[nH]n2)CC1. The van der Waals surface area contributed by atoms with Crippen molar-refractivity contribution >= 4 is 5.91 Å². The number of amides is 1. The van der Waals surface area contributed by atoms with Crippen LogP contribution in [0.3, 0.4) is 0 Å². The van der Waals surface area contributed by atoms with Crippen LogP contribution in [0.15, 0.2) is 42.9 Å². The van der Waals surface area contributed by atoms with Gasteiger partial charge in [0, 0.05) is 38.1 Å². The van der Waals surface area contributed by atoms with Gasteiger partial charge in [-0.25, -0.2) is 4.98 Å². The summed E-state index contributed by atoms with van der Waals surface area (Å²) in [5.41, 5.74) is 0.632. The summed E-state index contributed by atoms with van der Waals surface area (Å²) in [6.45, 7) is 1.50. The van der Waals surface area contributed by atoms with Gasteiger partial charge in [0.2, 0.25) is 0 Å². The quantitative estimate of drug-likeness (QED) is 0.778. The molecule has 1 amide bonds. The number of piperidine rings is 1. The number of tetrazole rings is 1. The van der Waals surface area contributed by atoms with E-state index < -0.39 is 0 Å². The molecule has 0 saturated carbocycles. The number of nitrogens with one attached hydrogen (secondary N) is 1. The lowest BCUT2D eigenvalue weighted by molar-refractivity contribution is 0.0689. The third kappa shape index (κ3) is 3.42. The smallest absolute Gasteiger partial charge is 0.255 e. The molecule has 3 aromatic heterocycles. The van der Waals surface area contributed by atoms with E-state index >= 15 is 0 Å². The van der Waals surface area contributed by atoms with Crippen molar-refractivity contribution < 1.29 is 4.79 Å². The molecule has 0 spiro atoms.